The molecule has 3 aromatic rings. The van der Waals surface area contributed by atoms with Crippen LogP contribution >= 0.6 is 34.5 Å². The number of nitrogens with zero attached hydrogens (tertiary/aromatic N) is 1. The number of sulfone groups is 1. The summed E-state index contributed by atoms with van der Waals surface area (Å²) in [5.74, 6) is -0.776. The van der Waals surface area contributed by atoms with Gasteiger partial charge in [0, 0.05) is 11.4 Å². The van der Waals surface area contributed by atoms with Gasteiger partial charge in [-0.3, -0.25) is 15.6 Å². The smallest absolute Gasteiger partial charge is 0.239 e. The molecule has 0 aliphatic rings. The number of hydrogen-bond donors (Lipinski definition) is 2. The van der Waals surface area contributed by atoms with Gasteiger partial charge in [0.15, 0.2) is 9.84 Å². The summed E-state index contributed by atoms with van der Waals surface area (Å²) in [6.07, 6.45) is -0.192. The number of rotatable bonds is 6. The van der Waals surface area contributed by atoms with Crippen molar-refractivity contribution in [2.24, 2.45) is 0 Å². The number of hydrogen-bond acceptors (Lipinski definition) is 6. The minimum Gasteiger partial charge on any atom is -0.273 e. The highest BCUT2D eigenvalue weighted by molar-refractivity contribution is 7.91. The van der Waals surface area contributed by atoms with Crippen molar-refractivity contribution < 1.29 is 13.2 Å². The zero-order valence-corrected chi connectivity index (χ0v) is 17.3. The van der Waals surface area contributed by atoms with E-state index in [9.17, 15) is 13.2 Å². The van der Waals surface area contributed by atoms with E-state index >= 15 is 0 Å². The lowest BCUT2D eigenvalue weighted by atomic mass is 10.2. The molecule has 10 heteroatoms. The van der Waals surface area contributed by atoms with Crippen LogP contribution < -0.4 is 10.9 Å². The Labute approximate surface area is 170 Å². The third-order valence-corrected chi connectivity index (χ3v) is 7.19. The van der Waals surface area contributed by atoms with Crippen molar-refractivity contribution in [1.29, 1.82) is 0 Å². The lowest BCUT2D eigenvalue weighted by Gasteiger charge is -2.06. The fourth-order valence-corrected chi connectivity index (χ4v) is 4.86. The van der Waals surface area contributed by atoms with Gasteiger partial charge in [0.25, 0.3) is 0 Å². The Hall–Kier alpha value is -1.87. The van der Waals surface area contributed by atoms with Crippen LogP contribution in [-0.2, 0) is 14.6 Å². The van der Waals surface area contributed by atoms with Crippen LogP contribution in [0.5, 0.6) is 0 Å². The second-order valence-corrected chi connectivity index (χ2v) is 9.71. The average molecular weight is 444 g/mol. The van der Waals surface area contributed by atoms with Gasteiger partial charge in [-0.1, -0.05) is 40.6 Å². The molecule has 0 saturated carbocycles. The predicted molar refractivity (Wildman–Crippen MR) is 109 cm³/mol. The Morgan fingerprint density at radius 1 is 1.15 bits per heavy atom. The van der Waals surface area contributed by atoms with E-state index in [0.717, 1.165) is 15.8 Å². The van der Waals surface area contributed by atoms with Crippen LogP contribution in [-0.4, -0.2) is 25.1 Å². The van der Waals surface area contributed by atoms with E-state index in [1.807, 2.05) is 13.0 Å². The van der Waals surface area contributed by atoms with Gasteiger partial charge in [-0.25, -0.2) is 13.4 Å². The number of carbonyl (C=O) groups excluding carboxylic acids is 1. The van der Waals surface area contributed by atoms with E-state index in [4.69, 9.17) is 23.2 Å². The predicted octanol–water partition coefficient (Wildman–Crippen LogP) is 4.22. The average Bonchev–Trinajstić information content (AvgIpc) is 3.07. The van der Waals surface area contributed by atoms with Crippen LogP contribution in [0.25, 0.3) is 10.2 Å². The van der Waals surface area contributed by atoms with Crippen LogP contribution in [0, 0.1) is 6.92 Å². The highest BCUT2D eigenvalue weighted by atomic mass is 35.5. The molecule has 2 N–H and O–H groups in total. The van der Waals surface area contributed by atoms with Crippen molar-refractivity contribution in [2.75, 3.05) is 11.2 Å². The Bertz CT molecular complexity index is 1060. The molecule has 0 aliphatic heterocycles. The molecule has 0 bridgehead atoms. The summed E-state index contributed by atoms with van der Waals surface area (Å²) >= 11 is 13.2. The molecule has 1 heterocycles. The summed E-state index contributed by atoms with van der Waals surface area (Å²) in [7, 11) is -3.56. The number of carbonyl (C=O) groups is 1. The third kappa shape index (κ3) is 4.70. The second-order valence-electron chi connectivity index (χ2n) is 5.76. The summed E-state index contributed by atoms with van der Waals surface area (Å²) in [4.78, 5) is 16.5. The zero-order chi connectivity index (χ0) is 19.6. The Balaban J connectivity index is 1.59. The van der Waals surface area contributed by atoms with E-state index in [2.05, 4.69) is 15.8 Å². The third-order valence-electron chi connectivity index (χ3n) is 3.78. The molecule has 1 aromatic heterocycles. The topological polar surface area (TPSA) is 88.2 Å². The SMILES string of the molecule is Cc1ccc(Cl)c2sc(NNC(=O)CCS(=O)(=O)c3ccc(Cl)cc3)nc12. The van der Waals surface area contributed by atoms with Crippen LogP contribution in [0.1, 0.15) is 12.0 Å². The van der Waals surface area contributed by atoms with E-state index < -0.39 is 15.7 Å². The fraction of sp³-hybridized carbons (Fsp3) is 0.176. The highest BCUT2D eigenvalue weighted by Gasteiger charge is 2.17. The second kappa shape index (κ2) is 8.02. The molecule has 3 rings (SSSR count). The minimum atomic E-state index is -3.56. The molecule has 0 fully saturated rings. The maximum absolute atomic E-state index is 12.2. The van der Waals surface area contributed by atoms with E-state index in [1.165, 1.54) is 35.6 Å². The van der Waals surface area contributed by atoms with E-state index in [1.54, 1.807) is 6.07 Å². The van der Waals surface area contributed by atoms with Gasteiger partial charge in [-0.15, -0.1) is 0 Å². The molecule has 2 aromatic carbocycles. The maximum Gasteiger partial charge on any atom is 0.239 e. The summed E-state index contributed by atoms with van der Waals surface area (Å²) in [5, 5.41) is 1.50. The summed E-state index contributed by atoms with van der Waals surface area (Å²) in [6.45, 7) is 1.92. The monoisotopic (exact) mass is 443 g/mol. The largest absolute Gasteiger partial charge is 0.273 e. The molecular formula is C17H15Cl2N3O3S2. The summed E-state index contributed by atoms with van der Waals surface area (Å²) < 4.78 is 25.3. The first-order valence-electron chi connectivity index (χ1n) is 7.85. The Kier molecular flexibility index (Phi) is 5.90. The number of thiazole rings is 1. The molecule has 142 valence electrons. The fourth-order valence-electron chi connectivity index (χ4n) is 2.33. The lowest BCUT2D eigenvalue weighted by Crippen LogP contribution is -2.30. The molecule has 0 unspecified atom stereocenters. The molecule has 0 radical (unpaired) electrons. The molecule has 0 spiro atoms. The summed E-state index contributed by atoms with van der Waals surface area (Å²) in [5.41, 5.74) is 6.90. The lowest BCUT2D eigenvalue weighted by molar-refractivity contribution is -0.120. The molecule has 0 saturated heterocycles. The Morgan fingerprint density at radius 2 is 1.85 bits per heavy atom. The molecule has 6 nitrogen and oxygen atoms in total. The molecule has 27 heavy (non-hydrogen) atoms. The molecular weight excluding hydrogens is 429 g/mol. The van der Waals surface area contributed by atoms with Gasteiger partial charge in [-0.05, 0) is 42.8 Å². The number of nitrogens with one attached hydrogen (secondary N) is 2. The van der Waals surface area contributed by atoms with Gasteiger partial charge < -0.3 is 0 Å². The summed E-state index contributed by atoms with van der Waals surface area (Å²) in [6, 6.07) is 9.49. The Morgan fingerprint density at radius 3 is 2.52 bits per heavy atom. The molecule has 0 aliphatic carbocycles. The van der Waals surface area contributed by atoms with Gasteiger partial charge in [0.05, 0.1) is 25.9 Å². The van der Waals surface area contributed by atoms with Crippen LogP contribution in [0.3, 0.4) is 0 Å². The number of fused-ring (bicyclic) bond motifs is 1. The number of hydrazine groups is 1. The zero-order valence-electron chi connectivity index (χ0n) is 14.1. The first-order chi connectivity index (χ1) is 12.8. The van der Waals surface area contributed by atoms with Crippen LogP contribution in [0.4, 0.5) is 5.13 Å². The first-order valence-corrected chi connectivity index (χ1v) is 11.1. The van der Waals surface area contributed by atoms with Crippen LogP contribution in [0.2, 0.25) is 10.0 Å². The van der Waals surface area contributed by atoms with Crippen LogP contribution in [0.15, 0.2) is 41.3 Å². The molecule has 1 amide bonds. The number of amides is 1. The van der Waals surface area contributed by atoms with Crippen molar-refractivity contribution >= 4 is 65.6 Å². The highest BCUT2D eigenvalue weighted by Crippen LogP contribution is 2.33. The van der Waals surface area contributed by atoms with Crippen molar-refractivity contribution in [1.82, 2.24) is 10.4 Å². The van der Waals surface area contributed by atoms with E-state index in [0.29, 0.717) is 15.2 Å². The van der Waals surface area contributed by atoms with Gasteiger partial charge in [0.2, 0.25) is 11.0 Å². The quantitative estimate of drug-likeness (QED) is 0.556. The van der Waals surface area contributed by atoms with Crippen molar-refractivity contribution in [3.05, 3.63) is 52.0 Å². The maximum atomic E-state index is 12.2. The number of aromatic nitrogens is 1. The minimum absolute atomic E-state index is 0.129. The number of anilines is 1. The van der Waals surface area contributed by atoms with Gasteiger partial charge in [-0.2, -0.15) is 0 Å². The number of benzene rings is 2. The van der Waals surface area contributed by atoms with Crippen molar-refractivity contribution in [2.45, 2.75) is 18.2 Å². The van der Waals surface area contributed by atoms with Gasteiger partial charge >= 0.3 is 0 Å². The normalized spacial score (nSPS) is 11.5. The van der Waals surface area contributed by atoms with Crippen molar-refractivity contribution in [3.8, 4) is 0 Å². The standard InChI is InChI=1S/C17H15Cl2N3O3S2/c1-10-2-7-13(19)16-15(10)20-17(26-16)22-21-14(23)8-9-27(24,25)12-5-3-11(18)4-6-12/h2-7H,8-9H2,1H3,(H,20,22)(H,21,23). The van der Waals surface area contributed by atoms with Crippen molar-refractivity contribution in [3.63, 3.8) is 0 Å². The number of aryl methyl sites for hydroxylation is 1. The van der Waals surface area contributed by atoms with Gasteiger partial charge in [0.1, 0.15) is 0 Å². The number of halogens is 2. The first kappa shape index (κ1) is 19.9. The van der Waals surface area contributed by atoms with E-state index in [-0.39, 0.29) is 17.1 Å². The molecule has 0 atom stereocenters.